The minimum atomic E-state index is -1.29. The fourth-order valence-corrected chi connectivity index (χ4v) is 3.65. The molecule has 118 valence electrons. The number of hydrogen-bond donors (Lipinski definition) is 2. The predicted octanol–water partition coefficient (Wildman–Crippen LogP) is 2.82. The highest BCUT2D eigenvalue weighted by atomic mass is 32.2. The summed E-state index contributed by atoms with van der Waals surface area (Å²) >= 11 is 1.19. The van der Waals surface area contributed by atoms with Crippen LogP contribution in [-0.4, -0.2) is 23.1 Å². The van der Waals surface area contributed by atoms with E-state index in [1.54, 1.807) is 12.1 Å². The third-order valence-electron chi connectivity index (χ3n) is 3.65. The molecule has 0 spiro atoms. The Labute approximate surface area is 137 Å². The van der Waals surface area contributed by atoms with E-state index in [1.807, 2.05) is 30.3 Å². The van der Waals surface area contributed by atoms with Crippen LogP contribution in [0.2, 0.25) is 0 Å². The highest BCUT2D eigenvalue weighted by Gasteiger charge is 2.50. The molecule has 1 aliphatic heterocycles. The normalized spacial score (nSPS) is 20.1. The van der Waals surface area contributed by atoms with Gasteiger partial charge in [-0.15, -0.1) is 0 Å². The molecule has 1 atom stereocenters. The van der Waals surface area contributed by atoms with E-state index in [2.05, 4.69) is 10.6 Å². The molecule has 0 aliphatic carbocycles. The summed E-state index contributed by atoms with van der Waals surface area (Å²) in [6.07, 6.45) is 0.353. The quantitative estimate of drug-likeness (QED) is 0.848. The summed E-state index contributed by atoms with van der Waals surface area (Å²) in [5, 5.41) is 5.25. The summed E-state index contributed by atoms with van der Waals surface area (Å²) in [4.78, 5) is 25.9. The molecular formula is C17H15FN2O2S. The van der Waals surface area contributed by atoms with Crippen molar-refractivity contribution < 1.29 is 14.0 Å². The largest absolute Gasteiger partial charge is 0.354 e. The maximum atomic E-state index is 13.8. The first-order valence-corrected chi connectivity index (χ1v) is 8.02. The molecule has 2 aromatic carbocycles. The zero-order valence-electron chi connectivity index (χ0n) is 12.2. The summed E-state index contributed by atoms with van der Waals surface area (Å²) in [5.74, 6) is -1.38. The van der Waals surface area contributed by atoms with Gasteiger partial charge in [-0.25, -0.2) is 4.39 Å². The van der Waals surface area contributed by atoms with Gasteiger partial charge in [0.1, 0.15) is 5.82 Å². The molecule has 4 nitrogen and oxygen atoms in total. The van der Waals surface area contributed by atoms with Gasteiger partial charge in [0.2, 0.25) is 5.91 Å². The molecule has 1 fully saturated rings. The zero-order chi connectivity index (χ0) is 16.3. The van der Waals surface area contributed by atoms with Crippen molar-refractivity contribution in [1.82, 2.24) is 5.32 Å². The lowest BCUT2D eigenvalue weighted by molar-refractivity contribution is -0.128. The minimum absolute atomic E-state index is 0.0743. The van der Waals surface area contributed by atoms with Crippen LogP contribution in [-0.2, 0) is 9.59 Å². The number of para-hydroxylation sites is 1. The predicted molar refractivity (Wildman–Crippen MR) is 87.7 cm³/mol. The summed E-state index contributed by atoms with van der Waals surface area (Å²) in [6.45, 7) is 0.420. The number of carbonyl (C=O) groups is 2. The van der Waals surface area contributed by atoms with Crippen LogP contribution in [0.15, 0.2) is 59.5 Å². The standard InChI is InChI=1S/C17H15FN2O2S/c18-13-8-4-5-9-14(13)20-16(22)17(10-11-19-15(17)21)23-12-6-2-1-3-7-12/h1-9H,10-11H2,(H,19,21)(H,20,22). The second-order valence-corrected chi connectivity index (χ2v) is 6.55. The molecule has 1 unspecified atom stereocenters. The first kappa shape index (κ1) is 15.6. The Hall–Kier alpha value is -2.34. The molecule has 2 amide bonds. The SMILES string of the molecule is O=C1NCCC1(Sc1ccccc1)C(=O)Nc1ccccc1F. The Morgan fingerprint density at radius 1 is 1.13 bits per heavy atom. The van der Waals surface area contributed by atoms with Crippen molar-refractivity contribution >= 4 is 29.3 Å². The van der Waals surface area contributed by atoms with Crippen LogP contribution in [0.25, 0.3) is 0 Å². The Balaban J connectivity index is 1.89. The van der Waals surface area contributed by atoms with Crippen molar-refractivity contribution in [2.24, 2.45) is 0 Å². The third-order valence-corrected chi connectivity index (χ3v) is 5.08. The molecule has 0 radical (unpaired) electrons. The van der Waals surface area contributed by atoms with E-state index in [0.717, 1.165) is 4.90 Å². The molecule has 1 aliphatic rings. The fourth-order valence-electron chi connectivity index (χ4n) is 2.44. The van der Waals surface area contributed by atoms with E-state index >= 15 is 0 Å². The zero-order valence-corrected chi connectivity index (χ0v) is 13.0. The van der Waals surface area contributed by atoms with Crippen LogP contribution in [0.1, 0.15) is 6.42 Å². The lowest BCUT2D eigenvalue weighted by Crippen LogP contribution is -2.46. The van der Waals surface area contributed by atoms with Gasteiger partial charge < -0.3 is 10.6 Å². The van der Waals surface area contributed by atoms with E-state index in [0.29, 0.717) is 13.0 Å². The number of nitrogens with one attached hydrogen (secondary N) is 2. The van der Waals surface area contributed by atoms with Gasteiger partial charge in [-0.3, -0.25) is 9.59 Å². The van der Waals surface area contributed by atoms with E-state index < -0.39 is 16.5 Å². The van der Waals surface area contributed by atoms with Gasteiger partial charge in [0.05, 0.1) is 5.69 Å². The summed E-state index contributed by atoms with van der Waals surface area (Å²) in [6, 6.07) is 15.2. The molecule has 0 aromatic heterocycles. The van der Waals surface area contributed by atoms with Crippen LogP contribution in [0.3, 0.4) is 0 Å². The van der Waals surface area contributed by atoms with Crippen LogP contribution in [0.4, 0.5) is 10.1 Å². The lowest BCUT2D eigenvalue weighted by atomic mass is 10.1. The molecule has 0 saturated carbocycles. The second kappa shape index (κ2) is 6.42. The average molecular weight is 330 g/mol. The molecular weight excluding hydrogens is 315 g/mol. The molecule has 2 aromatic rings. The van der Waals surface area contributed by atoms with Gasteiger partial charge in [-0.2, -0.15) is 0 Å². The van der Waals surface area contributed by atoms with Crippen LogP contribution >= 0.6 is 11.8 Å². The molecule has 6 heteroatoms. The molecule has 2 N–H and O–H groups in total. The maximum Gasteiger partial charge on any atom is 0.250 e. The summed E-state index contributed by atoms with van der Waals surface area (Å²) < 4.78 is 12.5. The molecule has 0 bridgehead atoms. The summed E-state index contributed by atoms with van der Waals surface area (Å²) in [5.41, 5.74) is 0.0743. The minimum Gasteiger partial charge on any atom is -0.354 e. The molecule has 3 rings (SSSR count). The van der Waals surface area contributed by atoms with Gasteiger partial charge in [0, 0.05) is 11.4 Å². The number of halogens is 1. The number of amides is 2. The number of benzene rings is 2. The van der Waals surface area contributed by atoms with Gasteiger partial charge in [0.15, 0.2) is 4.75 Å². The van der Waals surface area contributed by atoms with Gasteiger partial charge in [-0.1, -0.05) is 42.1 Å². The van der Waals surface area contributed by atoms with Crippen molar-refractivity contribution in [2.45, 2.75) is 16.1 Å². The van der Waals surface area contributed by atoms with E-state index in [4.69, 9.17) is 0 Å². The van der Waals surface area contributed by atoms with Crippen molar-refractivity contribution in [3.8, 4) is 0 Å². The van der Waals surface area contributed by atoms with Gasteiger partial charge in [-0.05, 0) is 30.7 Å². The highest BCUT2D eigenvalue weighted by molar-refractivity contribution is 8.02. The van der Waals surface area contributed by atoms with Crippen LogP contribution in [0.5, 0.6) is 0 Å². The van der Waals surface area contributed by atoms with Crippen molar-refractivity contribution in [2.75, 3.05) is 11.9 Å². The van der Waals surface area contributed by atoms with Crippen LogP contribution in [0, 0.1) is 5.82 Å². The smallest absolute Gasteiger partial charge is 0.250 e. The Morgan fingerprint density at radius 3 is 2.48 bits per heavy atom. The van der Waals surface area contributed by atoms with Gasteiger partial charge >= 0.3 is 0 Å². The summed E-state index contributed by atoms with van der Waals surface area (Å²) in [7, 11) is 0. The Morgan fingerprint density at radius 2 is 1.83 bits per heavy atom. The topological polar surface area (TPSA) is 58.2 Å². The van der Waals surface area contributed by atoms with Crippen molar-refractivity contribution in [1.29, 1.82) is 0 Å². The number of carbonyl (C=O) groups excluding carboxylic acids is 2. The number of anilines is 1. The van der Waals surface area contributed by atoms with E-state index in [1.165, 1.54) is 23.9 Å². The first-order chi connectivity index (χ1) is 11.1. The Bertz CT molecular complexity index is 738. The van der Waals surface area contributed by atoms with Crippen molar-refractivity contribution in [3.63, 3.8) is 0 Å². The fraction of sp³-hybridized carbons (Fsp3) is 0.176. The molecule has 1 heterocycles. The lowest BCUT2D eigenvalue weighted by Gasteiger charge is -2.24. The first-order valence-electron chi connectivity index (χ1n) is 7.20. The van der Waals surface area contributed by atoms with Crippen molar-refractivity contribution in [3.05, 3.63) is 60.4 Å². The highest BCUT2D eigenvalue weighted by Crippen LogP contribution is 2.39. The number of rotatable bonds is 4. The number of hydrogen-bond acceptors (Lipinski definition) is 3. The Kier molecular flexibility index (Phi) is 4.34. The van der Waals surface area contributed by atoms with Gasteiger partial charge in [0.25, 0.3) is 5.91 Å². The third kappa shape index (κ3) is 3.07. The molecule has 1 saturated heterocycles. The number of thioether (sulfide) groups is 1. The monoisotopic (exact) mass is 330 g/mol. The van der Waals surface area contributed by atoms with E-state index in [9.17, 15) is 14.0 Å². The van der Waals surface area contributed by atoms with E-state index in [-0.39, 0.29) is 11.6 Å². The molecule has 23 heavy (non-hydrogen) atoms. The second-order valence-electron chi connectivity index (χ2n) is 5.18. The average Bonchev–Trinajstić information content (AvgIpc) is 2.92. The maximum absolute atomic E-state index is 13.8. The van der Waals surface area contributed by atoms with Crippen LogP contribution < -0.4 is 10.6 Å².